The third-order valence-electron chi connectivity index (χ3n) is 4.14. The lowest BCUT2D eigenvalue weighted by atomic mass is 10.1. The molecule has 0 saturated carbocycles. The van der Waals surface area contributed by atoms with Gasteiger partial charge in [0.05, 0.1) is 32.6 Å². The van der Waals surface area contributed by atoms with Crippen molar-refractivity contribution in [3.8, 4) is 0 Å². The van der Waals surface area contributed by atoms with Crippen molar-refractivity contribution in [3.05, 3.63) is 75.8 Å². The molecule has 11 heteroatoms. The summed E-state index contributed by atoms with van der Waals surface area (Å²) in [6.45, 7) is 1.11. The molecule has 0 bridgehead atoms. The Hall–Kier alpha value is -2.26. The monoisotopic (exact) mass is 486 g/mol. The Balaban J connectivity index is 1.73. The van der Waals surface area contributed by atoms with E-state index in [1.54, 1.807) is 24.7 Å². The molecule has 2 aromatic carbocycles. The highest BCUT2D eigenvalue weighted by Crippen LogP contribution is 2.35. The Kier molecular flexibility index (Phi) is 7.25. The van der Waals surface area contributed by atoms with Crippen molar-refractivity contribution in [3.63, 3.8) is 0 Å². The first-order valence-corrected chi connectivity index (χ1v) is 11.4. The smallest absolute Gasteiger partial charge is 0.263 e. The second-order valence-corrected chi connectivity index (χ2v) is 9.05. The summed E-state index contributed by atoms with van der Waals surface area (Å²) in [5, 5.41) is 2.66. The van der Waals surface area contributed by atoms with Gasteiger partial charge in [0, 0.05) is 25.5 Å². The molecule has 0 saturated heterocycles. The first-order chi connectivity index (χ1) is 14.3. The topological polar surface area (TPSA) is 93.1 Å². The van der Waals surface area contributed by atoms with Crippen LogP contribution in [0.15, 0.2) is 60.0 Å². The van der Waals surface area contributed by atoms with Gasteiger partial charge in [-0.25, -0.2) is 13.4 Å². The van der Waals surface area contributed by atoms with Gasteiger partial charge in [0.1, 0.15) is 4.90 Å². The largest absolute Gasteiger partial charge is 0.352 e. The van der Waals surface area contributed by atoms with Crippen LogP contribution in [0.25, 0.3) is 0 Å². The molecule has 1 aromatic heterocycles. The van der Waals surface area contributed by atoms with Crippen LogP contribution in [0.2, 0.25) is 15.1 Å². The molecule has 0 atom stereocenters. The number of hydrogen-bond donors (Lipinski definition) is 2. The van der Waals surface area contributed by atoms with Gasteiger partial charge in [-0.1, -0.05) is 46.9 Å². The number of amides is 1. The van der Waals surface area contributed by atoms with Crippen molar-refractivity contribution in [2.75, 3.05) is 11.3 Å². The molecule has 1 heterocycles. The molecule has 1 amide bonds. The van der Waals surface area contributed by atoms with Gasteiger partial charge in [0.2, 0.25) is 0 Å². The standard InChI is InChI=1S/C19H17Cl3N4O3S/c20-14-6-7-16(18(22)17(14)21)30(28,29)25-15-5-2-1-4-13(15)19(27)24-8-3-10-26-11-9-23-12-26/h1-2,4-7,9,11-12,25H,3,8,10H2,(H,24,27). The third kappa shape index (κ3) is 5.26. The summed E-state index contributed by atoms with van der Waals surface area (Å²) in [7, 11) is -4.11. The van der Waals surface area contributed by atoms with Crippen molar-refractivity contribution < 1.29 is 13.2 Å². The molecular formula is C19H17Cl3N4O3S. The number of rotatable bonds is 8. The van der Waals surface area contributed by atoms with Crippen LogP contribution in [0, 0.1) is 0 Å². The van der Waals surface area contributed by atoms with Crippen LogP contribution in [0.3, 0.4) is 0 Å². The van der Waals surface area contributed by atoms with Gasteiger partial charge in [-0.2, -0.15) is 0 Å². The molecule has 30 heavy (non-hydrogen) atoms. The Labute approximate surface area is 189 Å². The Morgan fingerprint density at radius 3 is 2.57 bits per heavy atom. The van der Waals surface area contributed by atoms with Gasteiger partial charge in [0.15, 0.2) is 0 Å². The quantitative estimate of drug-likeness (QED) is 0.362. The number of halogens is 3. The number of aryl methyl sites for hydroxylation is 1. The van der Waals surface area contributed by atoms with E-state index in [2.05, 4.69) is 15.0 Å². The molecule has 0 aliphatic rings. The number of carbonyl (C=O) groups is 1. The summed E-state index contributed by atoms with van der Waals surface area (Å²) < 4.78 is 29.9. The molecule has 0 aliphatic carbocycles. The van der Waals surface area contributed by atoms with Crippen LogP contribution in [-0.4, -0.2) is 30.4 Å². The zero-order valence-electron chi connectivity index (χ0n) is 15.5. The third-order valence-corrected chi connectivity index (χ3v) is 6.96. The summed E-state index contributed by atoms with van der Waals surface area (Å²) in [6, 6.07) is 8.86. The van der Waals surface area contributed by atoms with Gasteiger partial charge >= 0.3 is 0 Å². The minimum Gasteiger partial charge on any atom is -0.352 e. The number of aromatic nitrogens is 2. The van der Waals surface area contributed by atoms with E-state index < -0.39 is 15.9 Å². The molecule has 0 aliphatic heterocycles. The van der Waals surface area contributed by atoms with Crippen LogP contribution in [0.1, 0.15) is 16.8 Å². The highest BCUT2D eigenvalue weighted by Gasteiger charge is 2.23. The fourth-order valence-electron chi connectivity index (χ4n) is 2.66. The van der Waals surface area contributed by atoms with Gasteiger partial charge in [-0.15, -0.1) is 0 Å². The van der Waals surface area contributed by atoms with Gasteiger partial charge < -0.3 is 9.88 Å². The van der Waals surface area contributed by atoms with Crippen molar-refractivity contribution in [2.24, 2.45) is 0 Å². The average Bonchev–Trinajstić information content (AvgIpc) is 3.23. The molecule has 0 unspecified atom stereocenters. The van der Waals surface area contributed by atoms with E-state index in [1.165, 1.54) is 24.3 Å². The second kappa shape index (κ2) is 9.70. The van der Waals surface area contributed by atoms with E-state index in [0.717, 1.165) is 0 Å². The summed E-state index contributed by atoms with van der Waals surface area (Å²) in [5.41, 5.74) is 0.298. The van der Waals surface area contributed by atoms with Gasteiger partial charge in [-0.3, -0.25) is 9.52 Å². The average molecular weight is 488 g/mol. The number of carbonyl (C=O) groups excluding carboxylic acids is 1. The second-order valence-electron chi connectivity index (χ2n) is 6.23. The van der Waals surface area contributed by atoms with E-state index in [4.69, 9.17) is 34.8 Å². The minimum absolute atomic E-state index is 0.0647. The van der Waals surface area contributed by atoms with Crippen molar-refractivity contribution in [1.29, 1.82) is 0 Å². The zero-order valence-corrected chi connectivity index (χ0v) is 18.6. The number of sulfonamides is 1. The van der Waals surface area contributed by atoms with Crippen molar-refractivity contribution in [2.45, 2.75) is 17.9 Å². The summed E-state index contributed by atoms with van der Waals surface area (Å²) >= 11 is 17.9. The van der Waals surface area contributed by atoms with Crippen LogP contribution in [0.5, 0.6) is 0 Å². The van der Waals surface area contributed by atoms with E-state index in [0.29, 0.717) is 19.5 Å². The Morgan fingerprint density at radius 1 is 1.07 bits per heavy atom. The van der Waals surface area contributed by atoms with E-state index in [-0.39, 0.29) is 31.2 Å². The van der Waals surface area contributed by atoms with Crippen molar-refractivity contribution >= 4 is 56.4 Å². The number of para-hydroxylation sites is 1. The van der Waals surface area contributed by atoms with Crippen LogP contribution in [-0.2, 0) is 16.6 Å². The fourth-order valence-corrected chi connectivity index (χ4v) is 4.72. The SMILES string of the molecule is O=C(NCCCn1ccnc1)c1ccccc1NS(=O)(=O)c1ccc(Cl)c(Cl)c1Cl. The number of imidazole rings is 1. The Morgan fingerprint density at radius 2 is 1.83 bits per heavy atom. The minimum atomic E-state index is -4.11. The number of hydrogen-bond acceptors (Lipinski definition) is 4. The van der Waals surface area contributed by atoms with Crippen LogP contribution < -0.4 is 10.0 Å². The molecule has 2 N–H and O–H groups in total. The van der Waals surface area contributed by atoms with E-state index in [9.17, 15) is 13.2 Å². The number of nitrogens with zero attached hydrogens (tertiary/aromatic N) is 2. The number of anilines is 1. The lowest BCUT2D eigenvalue weighted by Gasteiger charge is -2.14. The summed E-state index contributed by atoms with van der Waals surface area (Å²) in [5.74, 6) is -0.404. The molecule has 0 radical (unpaired) electrons. The summed E-state index contributed by atoms with van der Waals surface area (Å²) in [4.78, 5) is 16.3. The maximum Gasteiger partial charge on any atom is 0.263 e. The molecule has 7 nitrogen and oxygen atoms in total. The lowest BCUT2D eigenvalue weighted by Crippen LogP contribution is -2.26. The molecule has 3 rings (SSSR count). The molecule has 0 fully saturated rings. The van der Waals surface area contributed by atoms with Gasteiger partial charge in [0.25, 0.3) is 15.9 Å². The zero-order chi connectivity index (χ0) is 21.7. The normalized spacial score (nSPS) is 11.3. The van der Waals surface area contributed by atoms with E-state index >= 15 is 0 Å². The molecule has 3 aromatic rings. The van der Waals surface area contributed by atoms with Crippen LogP contribution in [0.4, 0.5) is 5.69 Å². The number of benzene rings is 2. The summed E-state index contributed by atoms with van der Waals surface area (Å²) in [6.07, 6.45) is 5.90. The highest BCUT2D eigenvalue weighted by molar-refractivity contribution is 7.92. The maximum atomic E-state index is 12.8. The number of nitrogens with one attached hydrogen (secondary N) is 2. The molecular weight excluding hydrogens is 471 g/mol. The first kappa shape index (κ1) is 22.4. The van der Waals surface area contributed by atoms with Crippen LogP contribution >= 0.6 is 34.8 Å². The predicted molar refractivity (Wildman–Crippen MR) is 118 cm³/mol. The highest BCUT2D eigenvalue weighted by atomic mass is 35.5. The maximum absolute atomic E-state index is 12.8. The fraction of sp³-hybridized carbons (Fsp3) is 0.158. The van der Waals surface area contributed by atoms with Gasteiger partial charge in [-0.05, 0) is 30.7 Å². The Bertz CT molecular complexity index is 1150. The molecule has 0 spiro atoms. The lowest BCUT2D eigenvalue weighted by molar-refractivity contribution is 0.0953. The van der Waals surface area contributed by atoms with Crippen molar-refractivity contribution in [1.82, 2.24) is 14.9 Å². The van der Waals surface area contributed by atoms with E-state index in [1.807, 2.05) is 10.8 Å². The first-order valence-electron chi connectivity index (χ1n) is 8.79. The molecule has 158 valence electrons. The predicted octanol–water partition coefficient (Wildman–Crippen LogP) is 4.46.